The zero-order valence-corrected chi connectivity index (χ0v) is 7.69. The lowest BCUT2D eigenvalue weighted by atomic mass is 10.1. The number of esters is 1. The van der Waals surface area contributed by atoms with E-state index in [1.807, 2.05) is 0 Å². The quantitative estimate of drug-likeness (QED) is 0.408. The Labute approximate surface area is 78.5 Å². The third kappa shape index (κ3) is 2.71. The molecule has 0 aromatic heterocycles. The summed E-state index contributed by atoms with van der Waals surface area (Å²) in [7, 11) is 0. The van der Waals surface area contributed by atoms with Gasteiger partial charge in [-0.2, -0.15) is 8.78 Å². The smallest absolute Gasteiger partial charge is 0.345 e. The van der Waals surface area contributed by atoms with Crippen molar-refractivity contribution in [1.29, 1.82) is 0 Å². The summed E-state index contributed by atoms with van der Waals surface area (Å²) in [5.74, 6) is -9.80. The second kappa shape index (κ2) is 3.98. The monoisotopic (exact) mass is 214 g/mol. The number of hydrogen-bond acceptors (Lipinski definition) is 2. The third-order valence-electron chi connectivity index (χ3n) is 1.56. The predicted octanol–water partition coefficient (Wildman–Crippen LogP) is 2.39. The van der Waals surface area contributed by atoms with Crippen molar-refractivity contribution in [3.63, 3.8) is 0 Å². The number of carbonyl (C=O) groups is 1. The summed E-state index contributed by atoms with van der Waals surface area (Å²) < 4.78 is 54.2. The summed E-state index contributed by atoms with van der Waals surface area (Å²) in [5.41, 5.74) is 0. The first-order valence-corrected chi connectivity index (χ1v) is 3.71. The molecule has 2 nitrogen and oxygen atoms in total. The molecule has 0 aromatic carbocycles. The summed E-state index contributed by atoms with van der Waals surface area (Å²) in [6.45, 7) is 3.70. The largest absolute Gasteiger partial charge is 0.453 e. The molecule has 14 heavy (non-hydrogen) atoms. The minimum Gasteiger partial charge on any atom is -0.453 e. The Hall–Kier alpha value is -1.07. The maximum Gasteiger partial charge on any atom is 0.345 e. The van der Waals surface area contributed by atoms with Gasteiger partial charge < -0.3 is 4.74 Å². The molecule has 0 saturated heterocycles. The molecule has 0 amide bonds. The zero-order valence-electron chi connectivity index (χ0n) is 7.69. The standard InChI is InChI=1S/C8H10F4O2/c1-4-6(13)14-5(2)8(11,12)7(3,9)10/h4-5H,1H2,2-3H3. The van der Waals surface area contributed by atoms with Gasteiger partial charge >= 0.3 is 17.8 Å². The summed E-state index contributed by atoms with van der Waals surface area (Å²) >= 11 is 0. The highest BCUT2D eigenvalue weighted by Crippen LogP contribution is 2.37. The number of alkyl halides is 4. The first-order chi connectivity index (χ1) is 6.13. The van der Waals surface area contributed by atoms with Gasteiger partial charge in [0.15, 0.2) is 6.10 Å². The van der Waals surface area contributed by atoms with Crippen LogP contribution in [0.15, 0.2) is 12.7 Å². The van der Waals surface area contributed by atoms with Crippen LogP contribution in [0.1, 0.15) is 13.8 Å². The van der Waals surface area contributed by atoms with E-state index in [1.165, 1.54) is 0 Å². The van der Waals surface area contributed by atoms with Gasteiger partial charge in [-0.25, -0.2) is 13.6 Å². The van der Waals surface area contributed by atoms with Gasteiger partial charge in [-0.3, -0.25) is 0 Å². The average Bonchev–Trinajstić information content (AvgIpc) is 2.01. The van der Waals surface area contributed by atoms with Gasteiger partial charge in [-0.05, 0) is 6.92 Å². The van der Waals surface area contributed by atoms with E-state index in [-0.39, 0.29) is 6.92 Å². The molecule has 0 fully saturated rings. The molecule has 0 saturated carbocycles. The highest BCUT2D eigenvalue weighted by atomic mass is 19.3. The van der Waals surface area contributed by atoms with Crippen molar-refractivity contribution in [2.45, 2.75) is 31.8 Å². The van der Waals surface area contributed by atoms with Crippen molar-refractivity contribution in [1.82, 2.24) is 0 Å². The number of carbonyl (C=O) groups excluding carboxylic acids is 1. The number of hydrogen-bond donors (Lipinski definition) is 0. The lowest BCUT2D eigenvalue weighted by Crippen LogP contribution is -2.48. The SMILES string of the molecule is C=CC(=O)OC(C)C(F)(F)C(C)(F)F. The van der Waals surface area contributed by atoms with Crippen LogP contribution in [0.25, 0.3) is 0 Å². The van der Waals surface area contributed by atoms with Crippen molar-refractivity contribution in [3.05, 3.63) is 12.7 Å². The van der Waals surface area contributed by atoms with Crippen molar-refractivity contribution in [2.24, 2.45) is 0 Å². The van der Waals surface area contributed by atoms with Crippen molar-refractivity contribution < 1.29 is 27.1 Å². The minimum absolute atomic E-state index is 0.0608. The molecule has 6 heteroatoms. The van der Waals surface area contributed by atoms with Crippen LogP contribution in [0.4, 0.5) is 17.6 Å². The van der Waals surface area contributed by atoms with E-state index in [2.05, 4.69) is 11.3 Å². The Morgan fingerprint density at radius 2 is 1.86 bits per heavy atom. The van der Waals surface area contributed by atoms with E-state index in [4.69, 9.17) is 0 Å². The van der Waals surface area contributed by atoms with Crippen LogP contribution < -0.4 is 0 Å². The predicted molar refractivity (Wildman–Crippen MR) is 41.3 cm³/mol. The van der Waals surface area contributed by atoms with Gasteiger partial charge in [0.25, 0.3) is 0 Å². The fourth-order valence-corrected chi connectivity index (χ4v) is 0.653. The first kappa shape index (κ1) is 12.9. The minimum atomic E-state index is -4.40. The van der Waals surface area contributed by atoms with E-state index >= 15 is 0 Å². The average molecular weight is 214 g/mol. The van der Waals surface area contributed by atoms with Crippen molar-refractivity contribution >= 4 is 5.97 Å². The molecule has 0 aliphatic rings. The van der Waals surface area contributed by atoms with Crippen LogP contribution in [-0.4, -0.2) is 23.9 Å². The lowest BCUT2D eigenvalue weighted by molar-refractivity contribution is -0.245. The summed E-state index contributed by atoms with van der Waals surface area (Å²) in [5, 5.41) is 0. The van der Waals surface area contributed by atoms with Gasteiger partial charge in [-0.15, -0.1) is 0 Å². The normalized spacial score (nSPS) is 14.7. The lowest BCUT2D eigenvalue weighted by Gasteiger charge is -2.27. The van der Waals surface area contributed by atoms with Gasteiger partial charge in [0.05, 0.1) is 0 Å². The maximum absolute atomic E-state index is 12.8. The Bertz CT molecular complexity index is 232. The molecule has 0 spiro atoms. The van der Waals surface area contributed by atoms with Crippen LogP contribution in [0.2, 0.25) is 0 Å². The van der Waals surface area contributed by atoms with E-state index in [0.29, 0.717) is 13.0 Å². The molecular formula is C8H10F4O2. The van der Waals surface area contributed by atoms with Gasteiger partial charge in [0.1, 0.15) is 0 Å². The Morgan fingerprint density at radius 1 is 1.43 bits per heavy atom. The molecular weight excluding hydrogens is 204 g/mol. The summed E-state index contributed by atoms with van der Waals surface area (Å²) in [4.78, 5) is 10.5. The van der Waals surface area contributed by atoms with Gasteiger partial charge in [-0.1, -0.05) is 6.58 Å². The Morgan fingerprint density at radius 3 is 2.14 bits per heavy atom. The molecule has 0 radical (unpaired) electrons. The summed E-state index contributed by atoms with van der Waals surface area (Å²) in [6, 6.07) is 0. The van der Waals surface area contributed by atoms with Gasteiger partial charge in [0.2, 0.25) is 0 Å². The molecule has 0 aliphatic carbocycles. The zero-order chi connectivity index (χ0) is 11.6. The van der Waals surface area contributed by atoms with Crippen molar-refractivity contribution in [3.8, 4) is 0 Å². The molecule has 1 atom stereocenters. The topological polar surface area (TPSA) is 26.3 Å². The first-order valence-electron chi connectivity index (χ1n) is 3.71. The highest BCUT2D eigenvalue weighted by molar-refractivity contribution is 5.81. The second-order valence-electron chi connectivity index (χ2n) is 2.79. The van der Waals surface area contributed by atoms with Crippen LogP contribution in [0.5, 0.6) is 0 Å². The third-order valence-corrected chi connectivity index (χ3v) is 1.56. The van der Waals surface area contributed by atoms with Crippen LogP contribution >= 0.6 is 0 Å². The Kier molecular flexibility index (Phi) is 3.67. The van der Waals surface area contributed by atoms with Crippen LogP contribution in [0.3, 0.4) is 0 Å². The maximum atomic E-state index is 12.8. The molecule has 0 aromatic rings. The molecule has 0 bridgehead atoms. The fourth-order valence-electron chi connectivity index (χ4n) is 0.653. The van der Waals surface area contributed by atoms with Crippen LogP contribution in [0, 0.1) is 0 Å². The van der Waals surface area contributed by atoms with Crippen molar-refractivity contribution in [2.75, 3.05) is 0 Å². The number of rotatable bonds is 4. The molecule has 0 aliphatic heterocycles. The Balaban J connectivity index is 4.59. The highest BCUT2D eigenvalue weighted by Gasteiger charge is 2.57. The van der Waals surface area contributed by atoms with E-state index in [1.54, 1.807) is 0 Å². The molecule has 82 valence electrons. The molecule has 0 N–H and O–H groups in total. The fraction of sp³-hybridized carbons (Fsp3) is 0.625. The second-order valence-corrected chi connectivity index (χ2v) is 2.79. The molecule has 0 heterocycles. The molecule has 0 rings (SSSR count). The number of halogens is 4. The van der Waals surface area contributed by atoms with E-state index < -0.39 is 23.9 Å². The number of ether oxygens (including phenoxy) is 1. The van der Waals surface area contributed by atoms with Crippen LogP contribution in [-0.2, 0) is 9.53 Å². The van der Waals surface area contributed by atoms with Gasteiger partial charge in [0, 0.05) is 13.0 Å². The summed E-state index contributed by atoms with van der Waals surface area (Å²) in [6.07, 6.45) is -1.58. The molecule has 1 unspecified atom stereocenters. The van der Waals surface area contributed by atoms with E-state index in [9.17, 15) is 22.4 Å². The van der Waals surface area contributed by atoms with E-state index in [0.717, 1.165) is 0 Å².